The number of hydrogen-bond acceptors (Lipinski definition) is 7. The smallest absolute Gasteiger partial charge is 0.277 e. The highest BCUT2D eigenvalue weighted by molar-refractivity contribution is 7.15. The molecule has 0 fully saturated rings. The molecule has 0 bridgehead atoms. The van der Waals surface area contributed by atoms with Gasteiger partial charge in [0.1, 0.15) is 5.69 Å². The molecule has 4 rings (SSSR count). The van der Waals surface area contributed by atoms with Crippen LogP contribution in [0.4, 0.5) is 9.52 Å². The summed E-state index contributed by atoms with van der Waals surface area (Å²) in [6.07, 6.45) is 4.87. The molecule has 1 N–H and O–H groups in total. The minimum atomic E-state index is -0.507. The van der Waals surface area contributed by atoms with E-state index < -0.39 is 11.7 Å². The summed E-state index contributed by atoms with van der Waals surface area (Å²) in [5, 5.41) is 3.16. The van der Waals surface area contributed by atoms with Crippen molar-refractivity contribution in [2.45, 2.75) is 13.0 Å². The number of para-hydroxylation sites is 1. The van der Waals surface area contributed by atoms with E-state index in [0.717, 1.165) is 10.6 Å². The van der Waals surface area contributed by atoms with Gasteiger partial charge in [-0.05, 0) is 12.1 Å². The summed E-state index contributed by atoms with van der Waals surface area (Å²) in [5.41, 5.74) is 1.05. The van der Waals surface area contributed by atoms with Crippen molar-refractivity contribution >= 4 is 28.3 Å². The second kappa shape index (κ2) is 8.31. The normalized spacial score (nSPS) is 12.9. The Morgan fingerprint density at radius 2 is 2.14 bits per heavy atom. The van der Waals surface area contributed by atoms with Gasteiger partial charge in [0.2, 0.25) is 0 Å². The van der Waals surface area contributed by atoms with Gasteiger partial charge in [-0.2, -0.15) is 0 Å². The summed E-state index contributed by atoms with van der Waals surface area (Å²) < 4.78 is 18.9. The average molecular weight is 413 g/mol. The minimum Gasteiger partial charge on any atom is -0.481 e. The van der Waals surface area contributed by atoms with Gasteiger partial charge in [-0.25, -0.2) is 14.4 Å². The Kier molecular flexibility index (Phi) is 5.43. The van der Waals surface area contributed by atoms with Crippen LogP contribution in [-0.4, -0.2) is 44.8 Å². The molecule has 0 saturated carbocycles. The lowest BCUT2D eigenvalue weighted by Gasteiger charge is -2.26. The number of hydrogen-bond donors (Lipinski definition) is 1. The number of aromatic nitrogens is 3. The second-order valence-electron chi connectivity index (χ2n) is 6.22. The monoisotopic (exact) mass is 413 g/mol. The molecule has 2 aromatic heterocycles. The van der Waals surface area contributed by atoms with Crippen LogP contribution in [0.25, 0.3) is 0 Å². The molecule has 0 saturated heterocycles. The SMILES string of the molecule is O=C(Nc1nc2c(s1)CN(C(=O)COc1ccccc1F)CC2)c1cnccn1. The quantitative estimate of drug-likeness (QED) is 0.689. The van der Waals surface area contributed by atoms with Crippen molar-refractivity contribution in [1.29, 1.82) is 0 Å². The predicted molar refractivity (Wildman–Crippen MR) is 103 cm³/mol. The van der Waals surface area contributed by atoms with Gasteiger partial charge in [-0.3, -0.25) is 19.9 Å². The Labute approximate surface area is 169 Å². The summed E-state index contributed by atoms with van der Waals surface area (Å²) in [5.74, 6) is -1.09. The molecular weight excluding hydrogens is 397 g/mol. The Balaban J connectivity index is 1.37. The van der Waals surface area contributed by atoms with Crippen LogP contribution in [0.15, 0.2) is 42.9 Å². The second-order valence-corrected chi connectivity index (χ2v) is 7.30. The molecule has 10 heteroatoms. The lowest BCUT2D eigenvalue weighted by molar-refractivity contribution is -0.134. The lowest BCUT2D eigenvalue weighted by atomic mass is 10.2. The Hall–Kier alpha value is -3.40. The number of benzene rings is 1. The number of thiazole rings is 1. The fraction of sp³-hybridized carbons (Fsp3) is 0.211. The molecule has 1 aliphatic heterocycles. The Morgan fingerprint density at radius 3 is 2.93 bits per heavy atom. The first-order chi connectivity index (χ1) is 14.1. The minimum absolute atomic E-state index is 0.0466. The summed E-state index contributed by atoms with van der Waals surface area (Å²) in [7, 11) is 0. The molecule has 0 unspecified atom stereocenters. The number of nitrogens with zero attached hydrogens (tertiary/aromatic N) is 4. The number of fused-ring (bicyclic) bond motifs is 1. The molecule has 1 aromatic carbocycles. The molecule has 3 aromatic rings. The number of anilines is 1. The number of carbonyl (C=O) groups is 2. The van der Waals surface area contributed by atoms with Crippen molar-refractivity contribution in [3.8, 4) is 5.75 Å². The molecule has 1 aliphatic rings. The maximum Gasteiger partial charge on any atom is 0.277 e. The predicted octanol–water partition coefficient (Wildman–Crippen LogP) is 2.29. The highest BCUT2D eigenvalue weighted by Crippen LogP contribution is 2.28. The zero-order chi connectivity index (χ0) is 20.2. The fourth-order valence-corrected chi connectivity index (χ4v) is 3.85. The molecule has 0 spiro atoms. The molecular formula is C19H16FN5O3S. The number of amides is 2. The van der Waals surface area contributed by atoms with Gasteiger partial charge in [-0.15, -0.1) is 0 Å². The van der Waals surface area contributed by atoms with Crippen LogP contribution in [0.5, 0.6) is 5.75 Å². The van der Waals surface area contributed by atoms with E-state index >= 15 is 0 Å². The zero-order valence-corrected chi connectivity index (χ0v) is 16.0. The van der Waals surface area contributed by atoms with Crippen LogP contribution in [0.1, 0.15) is 21.1 Å². The molecule has 0 atom stereocenters. The highest BCUT2D eigenvalue weighted by Gasteiger charge is 2.25. The fourth-order valence-electron chi connectivity index (χ4n) is 2.83. The van der Waals surface area contributed by atoms with Crippen LogP contribution in [0.2, 0.25) is 0 Å². The maximum atomic E-state index is 13.6. The maximum absolute atomic E-state index is 13.6. The average Bonchev–Trinajstić information content (AvgIpc) is 3.15. The summed E-state index contributed by atoms with van der Waals surface area (Å²) in [6, 6.07) is 5.96. The van der Waals surface area contributed by atoms with Gasteiger partial charge in [0, 0.05) is 30.2 Å². The third-order valence-electron chi connectivity index (χ3n) is 4.29. The van der Waals surface area contributed by atoms with Crippen molar-refractivity contribution < 1.29 is 18.7 Å². The standard InChI is InChI=1S/C19H16FN5O3S/c20-12-3-1-2-4-15(12)28-11-17(26)25-8-5-13-16(10-25)29-19(23-13)24-18(27)14-9-21-6-7-22-14/h1-4,6-7,9H,5,8,10-11H2,(H,23,24,27). The van der Waals surface area contributed by atoms with Crippen molar-refractivity contribution in [3.63, 3.8) is 0 Å². The van der Waals surface area contributed by atoms with E-state index in [9.17, 15) is 14.0 Å². The zero-order valence-electron chi connectivity index (χ0n) is 15.2. The third-order valence-corrected chi connectivity index (χ3v) is 5.29. The van der Waals surface area contributed by atoms with Crippen LogP contribution >= 0.6 is 11.3 Å². The topological polar surface area (TPSA) is 97.3 Å². The Morgan fingerprint density at radius 1 is 1.28 bits per heavy atom. The first kappa shape index (κ1) is 18.9. The molecule has 29 heavy (non-hydrogen) atoms. The van der Waals surface area contributed by atoms with E-state index in [2.05, 4.69) is 20.3 Å². The Bertz CT molecular complexity index is 1040. The summed E-state index contributed by atoms with van der Waals surface area (Å²) >= 11 is 1.31. The van der Waals surface area contributed by atoms with E-state index in [4.69, 9.17) is 4.74 Å². The number of nitrogens with one attached hydrogen (secondary N) is 1. The van der Waals surface area contributed by atoms with E-state index in [1.54, 1.807) is 17.0 Å². The number of carbonyl (C=O) groups excluding carboxylic acids is 2. The van der Waals surface area contributed by atoms with E-state index in [1.807, 2.05) is 0 Å². The van der Waals surface area contributed by atoms with Crippen LogP contribution in [0.3, 0.4) is 0 Å². The van der Waals surface area contributed by atoms with Crippen molar-refractivity contribution in [2.24, 2.45) is 0 Å². The van der Waals surface area contributed by atoms with E-state index in [0.29, 0.717) is 24.6 Å². The van der Waals surface area contributed by atoms with Crippen LogP contribution in [-0.2, 0) is 17.8 Å². The van der Waals surface area contributed by atoms with Gasteiger partial charge in [0.15, 0.2) is 23.3 Å². The van der Waals surface area contributed by atoms with Crippen molar-refractivity contribution in [3.05, 3.63) is 64.9 Å². The number of ether oxygens (including phenoxy) is 1. The van der Waals surface area contributed by atoms with Crippen LogP contribution < -0.4 is 10.1 Å². The number of rotatable bonds is 5. The van der Waals surface area contributed by atoms with Gasteiger partial charge < -0.3 is 9.64 Å². The highest BCUT2D eigenvalue weighted by atomic mass is 32.1. The van der Waals surface area contributed by atoms with Crippen molar-refractivity contribution in [1.82, 2.24) is 19.9 Å². The van der Waals surface area contributed by atoms with E-state index in [1.165, 1.54) is 42.1 Å². The van der Waals surface area contributed by atoms with Crippen molar-refractivity contribution in [2.75, 3.05) is 18.5 Å². The first-order valence-electron chi connectivity index (χ1n) is 8.81. The van der Waals surface area contributed by atoms with Gasteiger partial charge in [0.05, 0.1) is 18.4 Å². The summed E-state index contributed by atoms with van der Waals surface area (Å²) in [4.78, 5) is 39.4. The van der Waals surface area contributed by atoms with Crippen LogP contribution in [0, 0.1) is 5.82 Å². The van der Waals surface area contributed by atoms with Gasteiger partial charge >= 0.3 is 0 Å². The molecule has 8 nitrogen and oxygen atoms in total. The molecule has 0 radical (unpaired) electrons. The first-order valence-corrected chi connectivity index (χ1v) is 9.63. The number of halogens is 1. The summed E-state index contributed by atoms with van der Waals surface area (Å²) in [6.45, 7) is 0.604. The molecule has 2 amide bonds. The lowest BCUT2D eigenvalue weighted by Crippen LogP contribution is -2.38. The van der Waals surface area contributed by atoms with E-state index in [-0.39, 0.29) is 24.0 Å². The van der Waals surface area contributed by atoms with Gasteiger partial charge in [0.25, 0.3) is 11.8 Å². The largest absolute Gasteiger partial charge is 0.481 e. The molecule has 3 heterocycles. The van der Waals surface area contributed by atoms with Gasteiger partial charge in [-0.1, -0.05) is 23.5 Å². The third kappa shape index (κ3) is 4.37. The molecule has 148 valence electrons. The molecule has 0 aliphatic carbocycles.